The first-order valence-electron chi connectivity index (χ1n) is 6.12. The van der Waals surface area contributed by atoms with Gasteiger partial charge in [0.15, 0.2) is 0 Å². The standard InChI is InChI=1S/C13H21N3O3/c1-5-19-12(17)9-6-7-15-11(10(9)14)16-8-13(2,3)18-4/h6-7H,5,8,14H2,1-4H3,(H,15,16). The second kappa shape index (κ2) is 6.38. The number of nitrogens with two attached hydrogens (primary N) is 1. The molecule has 0 saturated carbocycles. The van der Waals surface area contributed by atoms with E-state index >= 15 is 0 Å². The normalized spacial score (nSPS) is 11.2. The van der Waals surface area contributed by atoms with E-state index in [0.29, 0.717) is 24.5 Å². The topological polar surface area (TPSA) is 86.5 Å². The predicted molar refractivity (Wildman–Crippen MR) is 74.2 cm³/mol. The summed E-state index contributed by atoms with van der Waals surface area (Å²) in [6, 6.07) is 1.54. The first kappa shape index (κ1) is 15.2. The number of anilines is 2. The van der Waals surface area contributed by atoms with Gasteiger partial charge in [-0.3, -0.25) is 0 Å². The zero-order chi connectivity index (χ0) is 14.5. The average Bonchev–Trinajstić information content (AvgIpc) is 2.38. The molecular weight excluding hydrogens is 246 g/mol. The van der Waals surface area contributed by atoms with Crippen molar-refractivity contribution in [1.29, 1.82) is 0 Å². The molecule has 0 aliphatic carbocycles. The second-order valence-corrected chi connectivity index (χ2v) is 4.66. The van der Waals surface area contributed by atoms with Crippen LogP contribution in [0.3, 0.4) is 0 Å². The van der Waals surface area contributed by atoms with Crippen molar-refractivity contribution in [3.05, 3.63) is 17.8 Å². The zero-order valence-corrected chi connectivity index (χ0v) is 11.8. The monoisotopic (exact) mass is 267 g/mol. The fourth-order valence-electron chi connectivity index (χ4n) is 1.37. The molecule has 6 heteroatoms. The molecule has 0 bridgehead atoms. The number of nitrogen functional groups attached to an aromatic ring is 1. The number of nitrogens with one attached hydrogen (secondary N) is 1. The minimum atomic E-state index is -0.448. The zero-order valence-electron chi connectivity index (χ0n) is 11.8. The molecule has 0 spiro atoms. The number of esters is 1. The van der Waals surface area contributed by atoms with Crippen molar-refractivity contribution in [2.75, 3.05) is 31.3 Å². The first-order valence-corrected chi connectivity index (χ1v) is 6.12. The summed E-state index contributed by atoms with van der Waals surface area (Å²) in [5, 5.41) is 3.07. The largest absolute Gasteiger partial charge is 0.462 e. The van der Waals surface area contributed by atoms with Crippen LogP contribution in [-0.4, -0.2) is 36.8 Å². The fraction of sp³-hybridized carbons (Fsp3) is 0.538. The summed E-state index contributed by atoms with van der Waals surface area (Å²) in [6.07, 6.45) is 1.52. The van der Waals surface area contributed by atoms with E-state index in [1.165, 1.54) is 6.20 Å². The van der Waals surface area contributed by atoms with E-state index in [9.17, 15) is 4.79 Å². The van der Waals surface area contributed by atoms with Crippen molar-refractivity contribution in [2.45, 2.75) is 26.4 Å². The van der Waals surface area contributed by atoms with E-state index in [1.54, 1.807) is 20.1 Å². The number of methoxy groups -OCH3 is 1. The van der Waals surface area contributed by atoms with Crippen LogP contribution in [0.15, 0.2) is 12.3 Å². The number of ether oxygens (including phenoxy) is 2. The van der Waals surface area contributed by atoms with Crippen molar-refractivity contribution in [3.63, 3.8) is 0 Å². The highest BCUT2D eigenvalue weighted by molar-refractivity contribution is 5.97. The Morgan fingerprint density at radius 3 is 2.79 bits per heavy atom. The van der Waals surface area contributed by atoms with Crippen LogP contribution in [0.4, 0.5) is 11.5 Å². The molecule has 0 amide bonds. The molecule has 0 saturated heterocycles. The van der Waals surface area contributed by atoms with Crippen LogP contribution in [-0.2, 0) is 9.47 Å². The van der Waals surface area contributed by atoms with Gasteiger partial charge in [-0.25, -0.2) is 9.78 Å². The molecule has 1 heterocycles. The Kier molecular flexibility index (Phi) is 5.11. The lowest BCUT2D eigenvalue weighted by molar-refractivity contribution is 0.0343. The van der Waals surface area contributed by atoms with E-state index in [1.807, 2.05) is 13.8 Å². The van der Waals surface area contributed by atoms with Crippen LogP contribution in [0.1, 0.15) is 31.1 Å². The summed E-state index contributed by atoms with van der Waals surface area (Å²) in [4.78, 5) is 15.8. The van der Waals surface area contributed by atoms with Crippen molar-refractivity contribution in [1.82, 2.24) is 4.98 Å². The number of hydrogen-bond acceptors (Lipinski definition) is 6. The summed E-state index contributed by atoms with van der Waals surface area (Å²) < 4.78 is 10.2. The Hall–Kier alpha value is -1.82. The van der Waals surface area contributed by atoms with Crippen molar-refractivity contribution >= 4 is 17.5 Å². The van der Waals surface area contributed by atoms with Crippen LogP contribution < -0.4 is 11.1 Å². The van der Waals surface area contributed by atoms with Crippen LogP contribution in [0, 0.1) is 0 Å². The Bertz CT molecular complexity index is 447. The van der Waals surface area contributed by atoms with Gasteiger partial charge in [-0.05, 0) is 26.8 Å². The van der Waals surface area contributed by atoms with Gasteiger partial charge in [-0.1, -0.05) is 0 Å². The number of carbonyl (C=O) groups is 1. The molecule has 6 nitrogen and oxygen atoms in total. The van der Waals surface area contributed by atoms with Crippen molar-refractivity contribution < 1.29 is 14.3 Å². The van der Waals surface area contributed by atoms with E-state index in [2.05, 4.69) is 10.3 Å². The average molecular weight is 267 g/mol. The van der Waals surface area contributed by atoms with E-state index in [0.717, 1.165) is 0 Å². The molecule has 106 valence electrons. The number of nitrogens with zero attached hydrogens (tertiary/aromatic N) is 1. The summed E-state index contributed by atoms with van der Waals surface area (Å²) >= 11 is 0. The third kappa shape index (κ3) is 4.10. The summed E-state index contributed by atoms with van der Waals surface area (Å²) in [6.45, 7) is 6.44. The number of pyridine rings is 1. The maximum Gasteiger partial charge on any atom is 0.340 e. The van der Waals surface area contributed by atoms with Gasteiger partial charge < -0.3 is 20.5 Å². The van der Waals surface area contributed by atoms with Crippen molar-refractivity contribution in [2.24, 2.45) is 0 Å². The number of carbonyl (C=O) groups excluding carboxylic acids is 1. The fourth-order valence-corrected chi connectivity index (χ4v) is 1.37. The quantitative estimate of drug-likeness (QED) is 0.763. The van der Waals surface area contributed by atoms with Crippen LogP contribution >= 0.6 is 0 Å². The van der Waals surface area contributed by atoms with Gasteiger partial charge in [-0.2, -0.15) is 0 Å². The van der Waals surface area contributed by atoms with E-state index in [4.69, 9.17) is 15.2 Å². The van der Waals surface area contributed by atoms with Crippen LogP contribution in [0.2, 0.25) is 0 Å². The number of aromatic nitrogens is 1. The first-order chi connectivity index (χ1) is 8.91. The van der Waals surface area contributed by atoms with Gasteiger partial charge in [0.1, 0.15) is 5.82 Å². The lowest BCUT2D eigenvalue weighted by Crippen LogP contribution is -2.32. The Balaban J connectivity index is 2.86. The molecule has 3 N–H and O–H groups in total. The number of rotatable bonds is 6. The SMILES string of the molecule is CCOC(=O)c1ccnc(NCC(C)(C)OC)c1N. The van der Waals surface area contributed by atoms with Gasteiger partial charge in [0.05, 0.1) is 23.5 Å². The minimum Gasteiger partial charge on any atom is -0.462 e. The molecule has 0 atom stereocenters. The highest BCUT2D eigenvalue weighted by Gasteiger charge is 2.19. The second-order valence-electron chi connectivity index (χ2n) is 4.66. The molecule has 1 aromatic heterocycles. The summed E-state index contributed by atoms with van der Waals surface area (Å²) in [5.41, 5.74) is 6.17. The molecule has 0 radical (unpaired) electrons. The minimum absolute atomic E-state index is 0.285. The molecule has 19 heavy (non-hydrogen) atoms. The predicted octanol–water partition coefficient (Wildman–Crippen LogP) is 1.68. The molecule has 0 aliphatic rings. The van der Waals surface area contributed by atoms with Gasteiger partial charge in [-0.15, -0.1) is 0 Å². The molecule has 0 aromatic carbocycles. The van der Waals surface area contributed by atoms with E-state index in [-0.39, 0.29) is 11.3 Å². The molecule has 0 unspecified atom stereocenters. The highest BCUT2D eigenvalue weighted by Crippen LogP contribution is 2.21. The summed E-state index contributed by atoms with van der Waals surface area (Å²) in [7, 11) is 1.63. The maximum atomic E-state index is 11.7. The molecule has 1 aromatic rings. The van der Waals surface area contributed by atoms with Crippen LogP contribution in [0.5, 0.6) is 0 Å². The third-order valence-electron chi connectivity index (χ3n) is 2.72. The Morgan fingerprint density at radius 2 is 2.21 bits per heavy atom. The third-order valence-corrected chi connectivity index (χ3v) is 2.72. The van der Waals surface area contributed by atoms with Gasteiger partial charge in [0, 0.05) is 19.9 Å². The number of hydrogen-bond donors (Lipinski definition) is 2. The smallest absolute Gasteiger partial charge is 0.340 e. The lowest BCUT2D eigenvalue weighted by Gasteiger charge is -2.24. The summed E-state index contributed by atoms with van der Waals surface area (Å²) in [5.74, 6) is 0.00660. The Morgan fingerprint density at radius 1 is 1.53 bits per heavy atom. The highest BCUT2D eigenvalue weighted by atomic mass is 16.5. The molecule has 0 aliphatic heterocycles. The molecule has 0 fully saturated rings. The molecule has 1 rings (SSSR count). The lowest BCUT2D eigenvalue weighted by atomic mass is 10.1. The molecular formula is C13H21N3O3. The van der Waals surface area contributed by atoms with E-state index < -0.39 is 5.97 Å². The van der Waals surface area contributed by atoms with Crippen molar-refractivity contribution in [3.8, 4) is 0 Å². The van der Waals surface area contributed by atoms with Gasteiger partial charge >= 0.3 is 5.97 Å². The maximum absolute atomic E-state index is 11.7. The van der Waals surface area contributed by atoms with Crippen LogP contribution in [0.25, 0.3) is 0 Å². The Labute approximate surface area is 113 Å². The van der Waals surface area contributed by atoms with Gasteiger partial charge in [0.25, 0.3) is 0 Å². The van der Waals surface area contributed by atoms with Gasteiger partial charge in [0.2, 0.25) is 0 Å².